The average Bonchev–Trinajstić information content (AvgIpc) is 3.17. The predicted octanol–water partition coefficient (Wildman–Crippen LogP) is 2.63. The number of nitrogens with one attached hydrogen (secondary N) is 1. The Bertz CT molecular complexity index is 865. The van der Waals surface area contributed by atoms with Gasteiger partial charge in [0.15, 0.2) is 5.82 Å². The van der Waals surface area contributed by atoms with Crippen molar-refractivity contribution in [3.05, 3.63) is 66.4 Å². The van der Waals surface area contributed by atoms with Crippen LogP contribution in [0, 0.1) is 0 Å². The van der Waals surface area contributed by atoms with E-state index >= 15 is 0 Å². The summed E-state index contributed by atoms with van der Waals surface area (Å²) in [7, 11) is 0. The number of hydrogen-bond donors (Lipinski definition) is 1. The first-order valence-corrected chi connectivity index (χ1v) is 8.63. The minimum atomic E-state index is -0.106. The first-order chi connectivity index (χ1) is 11.8. The van der Waals surface area contributed by atoms with E-state index in [2.05, 4.69) is 32.5 Å². The van der Waals surface area contributed by atoms with Gasteiger partial charge in [0, 0.05) is 22.4 Å². The molecule has 7 heteroatoms. The lowest BCUT2D eigenvalue weighted by Crippen LogP contribution is -2.30. The van der Waals surface area contributed by atoms with E-state index in [4.69, 9.17) is 0 Å². The van der Waals surface area contributed by atoms with Gasteiger partial charge < -0.3 is 5.32 Å². The maximum absolute atomic E-state index is 12.7. The Morgan fingerprint density at radius 1 is 1.29 bits per heavy atom. The molecule has 0 saturated carbocycles. The molecular formula is C17H15N5OS. The number of thioether (sulfide) groups is 1. The monoisotopic (exact) mass is 337 g/mol. The summed E-state index contributed by atoms with van der Waals surface area (Å²) in [5, 5.41) is 7.18. The molecule has 2 aromatic heterocycles. The summed E-state index contributed by atoms with van der Waals surface area (Å²) >= 11 is 1.84. The Kier molecular flexibility index (Phi) is 4.00. The summed E-state index contributed by atoms with van der Waals surface area (Å²) in [6, 6.07) is 11.7. The van der Waals surface area contributed by atoms with Crippen molar-refractivity contribution in [2.75, 3.05) is 5.75 Å². The lowest BCUT2D eigenvalue weighted by molar-refractivity contribution is 0.0935. The number of hydrogen-bond acceptors (Lipinski definition) is 5. The standard InChI is InChI=1S/C17H15N5OS/c23-17(12-5-7-19-16(9-12)22-11-18-10-20-22)21-14-6-8-24-15-4-2-1-3-13(14)15/h1-5,7,9-11,14H,6,8H2,(H,21,23). The molecule has 0 bridgehead atoms. The number of fused-ring (bicyclic) bond motifs is 1. The number of aromatic nitrogens is 4. The molecule has 4 rings (SSSR count). The number of amides is 1. The van der Waals surface area contributed by atoms with Crippen LogP contribution >= 0.6 is 11.8 Å². The summed E-state index contributed by atoms with van der Waals surface area (Å²) in [4.78, 5) is 22.0. The highest BCUT2D eigenvalue weighted by atomic mass is 32.2. The Morgan fingerprint density at radius 2 is 2.21 bits per heavy atom. The van der Waals surface area contributed by atoms with E-state index in [0.29, 0.717) is 11.4 Å². The van der Waals surface area contributed by atoms with Crippen LogP contribution in [0.4, 0.5) is 0 Å². The highest BCUT2D eigenvalue weighted by Gasteiger charge is 2.22. The Labute approximate surface area is 143 Å². The average molecular weight is 337 g/mol. The topological polar surface area (TPSA) is 72.7 Å². The molecule has 1 atom stereocenters. The summed E-state index contributed by atoms with van der Waals surface area (Å²) in [5.74, 6) is 1.47. The maximum Gasteiger partial charge on any atom is 0.251 e. The van der Waals surface area contributed by atoms with Crippen LogP contribution in [-0.2, 0) is 0 Å². The molecule has 120 valence electrons. The fourth-order valence-corrected chi connectivity index (χ4v) is 3.87. The molecule has 1 aromatic carbocycles. The molecule has 1 N–H and O–H groups in total. The lowest BCUT2D eigenvalue weighted by atomic mass is 10.0. The van der Waals surface area contributed by atoms with Crippen LogP contribution in [-0.4, -0.2) is 31.4 Å². The van der Waals surface area contributed by atoms with Gasteiger partial charge in [0.1, 0.15) is 12.7 Å². The van der Waals surface area contributed by atoms with Crippen molar-refractivity contribution in [1.29, 1.82) is 0 Å². The minimum Gasteiger partial charge on any atom is -0.345 e. The number of benzene rings is 1. The zero-order chi connectivity index (χ0) is 16.4. The van der Waals surface area contributed by atoms with Crippen LogP contribution in [0.3, 0.4) is 0 Å². The highest BCUT2D eigenvalue weighted by Crippen LogP contribution is 2.35. The summed E-state index contributed by atoms with van der Waals surface area (Å²) in [6.07, 6.45) is 5.52. The van der Waals surface area contributed by atoms with Crippen molar-refractivity contribution in [2.24, 2.45) is 0 Å². The Hall–Kier alpha value is -2.67. The second kappa shape index (κ2) is 6.45. The van der Waals surface area contributed by atoms with Crippen molar-refractivity contribution in [3.8, 4) is 5.82 Å². The normalized spacial score (nSPS) is 16.4. The van der Waals surface area contributed by atoms with Crippen LogP contribution < -0.4 is 5.32 Å². The molecule has 1 amide bonds. The fourth-order valence-electron chi connectivity index (χ4n) is 2.75. The van der Waals surface area contributed by atoms with E-state index in [1.807, 2.05) is 23.9 Å². The molecule has 1 aliphatic rings. The smallest absolute Gasteiger partial charge is 0.251 e. The van der Waals surface area contributed by atoms with Crippen LogP contribution in [0.2, 0.25) is 0 Å². The molecule has 0 aliphatic carbocycles. The van der Waals surface area contributed by atoms with Gasteiger partial charge >= 0.3 is 0 Å². The van der Waals surface area contributed by atoms with Crippen LogP contribution in [0.5, 0.6) is 0 Å². The first kappa shape index (κ1) is 14.9. The molecular weight excluding hydrogens is 322 g/mol. The van der Waals surface area contributed by atoms with Crippen molar-refractivity contribution >= 4 is 17.7 Å². The molecule has 6 nitrogen and oxygen atoms in total. The minimum absolute atomic E-state index is 0.0398. The van der Waals surface area contributed by atoms with Crippen molar-refractivity contribution in [2.45, 2.75) is 17.4 Å². The fraction of sp³-hybridized carbons (Fsp3) is 0.176. The van der Waals surface area contributed by atoms with Crippen LogP contribution in [0.1, 0.15) is 28.4 Å². The lowest BCUT2D eigenvalue weighted by Gasteiger charge is -2.25. The molecule has 0 spiro atoms. The van der Waals surface area contributed by atoms with E-state index in [1.165, 1.54) is 21.5 Å². The second-order valence-corrected chi connectivity index (χ2v) is 6.58. The molecule has 3 aromatic rings. The van der Waals surface area contributed by atoms with Gasteiger partial charge in [-0.2, -0.15) is 5.10 Å². The van der Waals surface area contributed by atoms with Gasteiger partial charge in [-0.1, -0.05) is 18.2 Å². The molecule has 3 heterocycles. The maximum atomic E-state index is 12.7. The summed E-state index contributed by atoms with van der Waals surface area (Å²) in [6.45, 7) is 0. The number of rotatable bonds is 3. The molecule has 0 saturated heterocycles. The van der Waals surface area contributed by atoms with Gasteiger partial charge in [-0.3, -0.25) is 4.79 Å². The zero-order valence-electron chi connectivity index (χ0n) is 12.8. The van der Waals surface area contributed by atoms with Crippen molar-refractivity contribution in [1.82, 2.24) is 25.1 Å². The number of carbonyl (C=O) groups is 1. The van der Waals surface area contributed by atoms with Crippen LogP contribution in [0.25, 0.3) is 5.82 Å². The van der Waals surface area contributed by atoms with Crippen LogP contribution in [0.15, 0.2) is 60.1 Å². The van der Waals surface area contributed by atoms with Gasteiger partial charge in [0.2, 0.25) is 0 Å². The molecule has 1 unspecified atom stereocenters. The highest BCUT2D eigenvalue weighted by molar-refractivity contribution is 7.99. The predicted molar refractivity (Wildman–Crippen MR) is 91.1 cm³/mol. The quantitative estimate of drug-likeness (QED) is 0.795. The van der Waals surface area contributed by atoms with Gasteiger partial charge in [-0.05, 0) is 30.2 Å². The largest absolute Gasteiger partial charge is 0.345 e. The Balaban J connectivity index is 1.56. The van der Waals surface area contributed by atoms with Gasteiger partial charge in [0.05, 0.1) is 6.04 Å². The zero-order valence-corrected chi connectivity index (χ0v) is 13.6. The third kappa shape index (κ3) is 2.90. The van der Waals surface area contributed by atoms with E-state index in [9.17, 15) is 4.79 Å². The molecule has 1 aliphatic heterocycles. The van der Waals surface area contributed by atoms with Gasteiger partial charge in [0.25, 0.3) is 5.91 Å². The molecule has 0 fully saturated rings. The van der Waals surface area contributed by atoms with E-state index < -0.39 is 0 Å². The van der Waals surface area contributed by atoms with E-state index in [-0.39, 0.29) is 11.9 Å². The van der Waals surface area contributed by atoms with Gasteiger partial charge in [-0.15, -0.1) is 11.8 Å². The van der Waals surface area contributed by atoms with E-state index in [0.717, 1.165) is 12.2 Å². The summed E-state index contributed by atoms with van der Waals surface area (Å²) in [5.41, 5.74) is 1.75. The van der Waals surface area contributed by atoms with Crippen molar-refractivity contribution in [3.63, 3.8) is 0 Å². The van der Waals surface area contributed by atoms with Crippen molar-refractivity contribution < 1.29 is 4.79 Å². The Morgan fingerprint density at radius 3 is 3.08 bits per heavy atom. The number of pyridine rings is 1. The van der Waals surface area contributed by atoms with Gasteiger partial charge in [-0.25, -0.2) is 14.6 Å². The van der Waals surface area contributed by atoms with E-state index in [1.54, 1.807) is 24.7 Å². The third-order valence-electron chi connectivity index (χ3n) is 3.93. The molecule has 0 radical (unpaired) electrons. The summed E-state index contributed by atoms with van der Waals surface area (Å²) < 4.78 is 1.53. The number of carbonyl (C=O) groups excluding carboxylic acids is 1. The first-order valence-electron chi connectivity index (χ1n) is 7.65. The number of nitrogens with zero attached hydrogens (tertiary/aromatic N) is 4. The molecule has 24 heavy (non-hydrogen) atoms. The SMILES string of the molecule is O=C(NC1CCSc2ccccc21)c1ccnc(-n2cncn2)c1. The third-order valence-corrected chi connectivity index (χ3v) is 5.05. The second-order valence-electron chi connectivity index (χ2n) is 5.44.